The molecule has 0 saturated carbocycles. The molecule has 140 heavy (non-hydrogen) atoms. The van der Waals surface area contributed by atoms with E-state index in [-0.39, 0.29) is 164 Å². The first-order chi connectivity index (χ1) is 67.2. The number of ether oxygens (including phenoxy) is 16. The van der Waals surface area contributed by atoms with Crippen LogP contribution in [0.25, 0.3) is 0 Å². The number of aliphatic hydroxyl groups excluding tert-OH is 8. The van der Waals surface area contributed by atoms with Gasteiger partial charge in [0, 0.05) is 70.8 Å². The molecule has 16 atom stereocenters. The Balaban J connectivity index is 0.000000129. The van der Waals surface area contributed by atoms with Gasteiger partial charge in [-0.1, -0.05) is 48.5 Å². The number of fused-ring (bicyclic) bond motifs is 8. The molecule has 0 radical (unpaired) electrons. The lowest BCUT2D eigenvalue weighted by Crippen LogP contribution is -2.37. The predicted octanol–water partition coefficient (Wildman–Crippen LogP) is 9.45. The highest BCUT2D eigenvalue weighted by atomic mass is 16.6. The third-order valence-corrected chi connectivity index (χ3v) is 24.0. The van der Waals surface area contributed by atoms with Gasteiger partial charge in [0.2, 0.25) is 23.1 Å². The summed E-state index contributed by atoms with van der Waals surface area (Å²) in [6.07, 6.45) is -17.1. The van der Waals surface area contributed by atoms with Gasteiger partial charge < -0.3 is 178 Å². The van der Waals surface area contributed by atoms with Crippen molar-refractivity contribution < 1.29 is 197 Å². The topological polar surface area (TPSA) is 621 Å². The lowest BCUT2D eigenvalue weighted by Gasteiger charge is -2.35. The molecule has 40 heteroatoms. The van der Waals surface area contributed by atoms with Gasteiger partial charge in [-0.25, -0.2) is 0 Å². The van der Waals surface area contributed by atoms with Crippen LogP contribution >= 0.6 is 0 Å². The fraction of sp³-hybridized carbons (Fsp3) is 0.240. The van der Waals surface area contributed by atoms with Crippen LogP contribution in [0.1, 0.15) is 135 Å². The molecule has 12 aromatic rings. The first kappa shape index (κ1) is 95.1. The molecule has 0 aliphatic carbocycles. The van der Waals surface area contributed by atoms with Gasteiger partial charge in [0.25, 0.3) is 0 Å². The zero-order valence-electron chi connectivity index (χ0n) is 73.7. The number of aliphatic hydroxyl groups is 8. The number of ketones is 4. The number of carbonyl (C=O) groups excluding carboxylic acids is 4. The van der Waals surface area contributed by atoms with Crippen LogP contribution in [-0.4, -0.2) is 229 Å². The molecule has 12 aromatic carbocycles. The van der Waals surface area contributed by atoms with Gasteiger partial charge in [0.05, 0.1) is 54.9 Å². The lowest BCUT2D eigenvalue weighted by atomic mass is 9.92. The molecule has 0 fully saturated rings. The number of phenols is 12. The third-order valence-electron chi connectivity index (χ3n) is 24.0. The SMILES string of the molecule is COc1cc([C@H]2Oc3cc([C@H]4Oc5cc(O)cc(O)c5C(=O)[C@@H]4O)ccc3O[C@@H]2CO)ccc1O.COc1cc([C@H]2Oc3cc([C@H]4Oc5cc(O)cc(O)c5C(=O)[C@@H]4O)ccc3O[C@@H]2CO)ccc1O.COc1cc([C@H]2Oc3cc([C@H]4Oc5cc(O)cc(O)c5C(=O)[C@@H]4O)ccc3O[C@@H]2CO)ccc1O.COc1cc([C@H]2Oc3cc([C@H]4Oc5cc(O)cc(O)c5C(=O)[C@@H]4O)ccc3O[C@@H]2CO)ccc1O. The van der Waals surface area contributed by atoms with Gasteiger partial charge in [-0.05, 0) is 119 Å². The molecule has 0 unspecified atom stereocenters. The van der Waals surface area contributed by atoms with Crippen LogP contribution in [0, 0.1) is 0 Å². The van der Waals surface area contributed by atoms with Crippen LogP contribution in [0.3, 0.4) is 0 Å². The minimum Gasteiger partial charge on any atom is -0.508 e. The van der Waals surface area contributed by atoms with Crippen molar-refractivity contribution in [3.05, 3.63) is 261 Å². The van der Waals surface area contributed by atoms with Crippen molar-refractivity contribution in [2.45, 2.75) is 97.7 Å². The van der Waals surface area contributed by atoms with E-state index in [1.807, 2.05) is 0 Å². The predicted molar refractivity (Wildman–Crippen MR) is 478 cm³/mol. The molecule has 0 saturated heterocycles. The van der Waals surface area contributed by atoms with Gasteiger partial charge in [-0.15, -0.1) is 0 Å². The van der Waals surface area contributed by atoms with Crippen LogP contribution in [-0.2, 0) is 0 Å². The molecular weight excluding hydrogens is 1840 g/mol. The first-order valence-electron chi connectivity index (χ1n) is 42.8. The van der Waals surface area contributed by atoms with Gasteiger partial charge in [0.15, 0.2) is 190 Å². The Morgan fingerprint density at radius 3 is 0.571 bits per heavy atom. The summed E-state index contributed by atoms with van der Waals surface area (Å²) in [4.78, 5) is 51.0. The van der Waals surface area contributed by atoms with E-state index in [9.17, 15) is 121 Å². The average Bonchev–Trinajstić information content (AvgIpc) is 0.764. The summed E-state index contributed by atoms with van der Waals surface area (Å²) in [6.45, 7) is -1.40. The van der Waals surface area contributed by atoms with E-state index in [1.54, 1.807) is 121 Å². The molecule has 20 N–H and O–H groups in total. The minimum absolute atomic E-state index is 0.0540. The Hall–Kier alpha value is -16.6. The lowest BCUT2D eigenvalue weighted by molar-refractivity contribution is -0.0130. The number of carbonyl (C=O) groups is 4. The number of hydrogen-bond donors (Lipinski definition) is 20. The van der Waals surface area contributed by atoms with Crippen molar-refractivity contribution in [3.63, 3.8) is 0 Å². The second kappa shape index (κ2) is 38.9. The maximum absolute atomic E-state index is 12.7. The van der Waals surface area contributed by atoms with E-state index in [4.69, 9.17) is 75.8 Å². The quantitative estimate of drug-likeness (QED) is 0.0428. The molecule has 20 rings (SSSR count). The molecule has 0 aromatic heterocycles. The van der Waals surface area contributed by atoms with Gasteiger partial charge in [-0.3, -0.25) is 19.2 Å². The second-order valence-corrected chi connectivity index (χ2v) is 32.8. The standard InChI is InChI=1S/4C25H22O10/c4*1-32-17-6-11(2-4-14(17)28)24-20(10-26)33-16-5-3-12(7-18(16)34-24)25-23(31)22(30)21-15(29)8-13(27)9-19(21)35-25/h4*2-9,20,23-29,31H,10H2,1H3/t4*20-,23+,24-,25-/m1111/s1. The van der Waals surface area contributed by atoms with Crippen LogP contribution < -0.4 is 75.8 Å². The maximum Gasteiger partial charge on any atom is 0.202 e. The van der Waals surface area contributed by atoms with Gasteiger partial charge in [0.1, 0.15) is 91.2 Å². The molecule has 8 aliphatic heterocycles. The van der Waals surface area contributed by atoms with E-state index in [2.05, 4.69) is 0 Å². The van der Waals surface area contributed by atoms with Crippen molar-refractivity contribution in [1.82, 2.24) is 0 Å². The fourth-order valence-corrected chi connectivity index (χ4v) is 17.1. The van der Waals surface area contributed by atoms with Gasteiger partial charge in [-0.2, -0.15) is 0 Å². The van der Waals surface area contributed by atoms with Crippen molar-refractivity contribution in [1.29, 1.82) is 0 Å². The molecule has 8 heterocycles. The maximum atomic E-state index is 12.7. The number of methoxy groups -OCH3 is 4. The Morgan fingerprint density at radius 2 is 0.386 bits per heavy atom. The zero-order chi connectivity index (χ0) is 99.4. The molecule has 0 spiro atoms. The number of hydrogen-bond acceptors (Lipinski definition) is 40. The monoisotopic (exact) mass is 1930 g/mol. The van der Waals surface area contributed by atoms with E-state index in [1.165, 1.54) is 77.0 Å². The van der Waals surface area contributed by atoms with Crippen molar-refractivity contribution in [3.8, 4) is 161 Å². The molecule has 40 nitrogen and oxygen atoms in total. The van der Waals surface area contributed by atoms with Crippen LogP contribution in [0.15, 0.2) is 194 Å². The smallest absolute Gasteiger partial charge is 0.202 e. The largest absolute Gasteiger partial charge is 0.508 e. The summed E-state index contributed by atoms with van der Waals surface area (Å²) in [6, 6.07) is 46.0. The fourth-order valence-electron chi connectivity index (χ4n) is 17.1. The number of rotatable bonds is 16. The molecular formula is C100H88O40. The molecule has 0 bridgehead atoms. The van der Waals surface area contributed by atoms with Crippen LogP contribution in [0.2, 0.25) is 0 Å². The number of phenolic OH excluding ortho intramolecular Hbond substituents is 12. The Bertz CT molecular complexity index is 6020. The van der Waals surface area contributed by atoms with E-state index < -0.39 is 144 Å². The highest BCUT2D eigenvalue weighted by Crippen LogP contribution is 2.54. The highest BCUT2D eigenvalue weighted by Gasteiger charge is 2.47. The van der Waals surface area contributed by atoms with E-state index >= 15 is 0 Å². The Kier molecular flexibility index (Phi) is 26.4. The molecule has 8 aliphatic rings. The molecule has 728 valence electrons. The zero-order valence-corrected chi connectivity index (χ0v) is 73.7. The van der Waals surface area contributed by atoms with Crippen molar-refractivity contribution >= 4 is 23.1 Å². The van der Waals surface area contributed by atoms with Crippen molar-refractivity contribution in [2.75, 3.05) is 54.9 Å². The normalized spacial score (nSPS) is 22.8. The first-order valence-corrected chi connectivity index (χ1v) is 42.8. The summed E-state index contributed by atoms with van der Waals surface area (Å²) in [5.41, 5.74) is 3.00. The van der Waals surface area contributed by atoms with Gasteiger partial charge >= 0.3 is 0 Å². The Morgan fingerprint density at radius 1 is 0.207 bits per heavy atom. The minimum atomic E-state index is -1.62. The number of Topliss-reactive ketones (excluding diaryl/α,β-unsaturated/α-hetero) is 4. The van der Waals surface area contributed by atoms with Crippen LogP contribution in [0.5, 0.6) is 161 Å². The van der Waals surface area contributed by atoms with E-state index in [0.717, 1.165) is 24.3 Å². The highest BCUT2D eigenvalue weighted by molar-refractivity contribution is 6.08. The van der Waals surface area contributed by atoms with Crippen molar-refractivity contribution in [2.24, 2.45) is 0 Å². The summed E-state index contributed by atoms with van der Waals surface area (Å²) >= 11 is 0. The summed E-state index contributed by atoms with van der Waals surface area (Å²) < 4.78 is 92.0. The summed E-state index contributed by atoms with van der Waals surface area (Å²) in [7, 11) is 5.65. The Labute approximate surface area is 791 Å². The molecule has 0 amide bonds. The third kappa shape index (κ3) is 18.1. The number of benzene rings is 12. The number of aromatic hydroxyl groups is 12. The average molecular weight is 1930 g/mol. The second-order valence-electron chi connectivity index (χ2n) is 32.8. The summed E-state index contributed by atoms with van der Waals surface area (Å²) in [5, 5.41) is 201. The summed E-state index contributed by atoms with van der Waals surface area (Å²) in [5.74, 6) is -3.29. The van der Waals surface area contributed by atoms with E-state index in [0.29, 0.717) is 67.5 Å². The van der Waals surface area contributed by atoms with Crippen LogP contribution in [0.4, 0.5) is 0 Å².